The fraction of sp³-hybridized carbons (Fsp3) is 0.818. The van der Waals surface area contributed by atoms with E-state index < -0.39 is 94.0 Å². The Bertz CT molecular complexity index is 1590. The molecule has 16 nitrogen and oxygen atoms in total. The molecule has 3 aliphatic rings. The lowest BCUT2D eigenvalue weighted by Gasteiger charge is -2.48. The Labute approximate surface area is 387 Å². The van der Waals surface area contributed by atoms with E-state index in [1.54, 1.807) is 34.6 Å². The van der Waals surface area contributed by atoms with Gasteiger partial charge in [0.25, 0.3) is 0 Å². The third-order valence-corrected chi connectivity index (χ3v) is 14.9. The van der Waals surface area contributed by atoms with Gasteiger partial charge in [0.1, 0.15) is 23.9 Å². The summed E-state index contributed by atoms with van der Waals surface area (Å²) in [5.41, 5.74) is -3.77. The molecule has 3 aliphatic heterocycles. The maximum Gasteiger partial charge on any atom is 0.312 e. The number of para-hydroxylation sites is 1. The number of aliphatic hydroxyl groups is 5. The van der Waals surface area contributed by atoms with Crippen LogP contribution >= 0.6 is 34.8 Å². The third-order valence-electron chi connectivity index (χ3n) is 13.1. The van der Waals surface area contributed by atoms with E-state index in [2.05, 4.69) is 10.6 Å². The van der Waals surface area contributed by atoms with Crippen LogP contribution in [-0.2, 0) is 33.2 Å². The van der Waals surface area contributed by atoms with Gasteiger partial charge >= 0.3 is 5.97 Å². The fourth-order valence-electron chi connectivity index (χ4n) is 9.32. The number of hydrogen-bond acceptors (Lipinski definition) is 15. The van der Waals surface area contributed by atoms with Gasteiger partial charge in [-0.2, -0.15) is 0 Å². The molecular weight excluding hydrogens is 935 g/mol. The Balaban J connectivity index is 1.75. The zero-order valence-corrected chi connectivity index (χ0v) is 41.5. The number of cyclic esters (lactones) is 1. The molecule has 18 atom stereocenters. The molecule has 1 aromatic rings. The number of rotatable bonds is 10. The number of nitrogens with one attached hydrogen (secondary N) is 2. The van der Waals surface area contributed by atoms with E-state index in [1.807, 2.05) is 97.6 Å². The fourth-order valence-corrected chi connectivity index (χ4v) is 10.2. The van der Waals surface area contributed by atoms with Crippen molar-refractivity contribution in [1.82, 2.24) is 15.1 Å². The average Bonchev–Trinajstić information content (AvgIpc) is 3.20. The number of carbonyl (C=O) groups is 1. The lowest BCUT2D eigenvalue weighted by atomic mass is 9.77. The quantitative estimate of drug-likeness (QED) is 0.0779. The molecule has 0 amide bonds. The Hall–Kier alpha value is -1.37. The van der Waals surface area contributed by atoms with E-state index in [9.17, 15) is 30.3 Å². The molecule has 62 heavy (non-hydrogen) atoms. The number of aliphatic hydroxyl groups excluding tert-OH is 3. The van der Waals surface area contributed by atoms with Gasteiger partial charge in [0.2, 0.25) is 0 Å². The standard InChI is InChI=1S/C44H75IN4O12S/c1-24-21-42(7,54)37(60-39-33(50)31(48(10)11)20-25(2)57-39)26(3)34(59-32-22-43(8,56-12)36(52)29(6)58-32)27(4)38(53)61-40(45)44(9,55)35(51)28(5)49(23-24)19-18-46-41(62)47-30-16-14-13-15-17-30/h13-17,24-29,31-37,39-40,50-52,54-55H,18-23H2,1-12H3,(H2,46,47,62)/t24-,25-,26+,27-,28-,29+,31+,32+,33-,34+,35-,36+,37-,39+,40+,42-,43-,44+/m1/s1. The van der Waals surface area contributed by atoms with Crippen LogP contribution in [0.3, 0.4) is 0 Å². The number of likely N-dealkylation sites (N-methyl/N-ethyl adjacent to an activating group) is 1. The molecule has 7 N–H and O–H groups in total. The summed E-state index contributed by atoms with van der Waals surface area (Å²) >= 11 is 7.40. The molecule has 0 saturated carbocycles. The number of esters is 1. The SMILES string of the molecule is CO[C@]1(C)C[C@H](O[C@H]2[C@H](C)[C@@H](O[C@@H]3O[C@H](C)C[C@H](N(C)C)[C@H]3O)[C@](C)(O)C[C@@H](C)CN(CCNC(=S)Nc3ccccc3)[C@H](C)[C@@H](O)[C@](C)(O)[C@@H](I)OC(=O)[C@@H]2C)O[C@@H](C)[C@@H]1O. The van der Waals surface area contributed by atoms with Crippen LogP contribution in [0.15, 0.2) is 30.3 Å². The summed E-state index contributed by atoms with van der Waals surface area (Å²) in [7, 11) is 5.26. The molecular formula is C44H75IN4O12S. The van der Waals surface area contributed by atoms with Crippen LogP contribution < -0.4 is 10.6 Å². The highest BCUT2D eigenvalue weighted by molar-refractivity contribution is 14.1. The van der Waals surface area contributed by atoms with Crippen molar-refractivity contribution < 1.29 is 58.7 Å². The van der Waals surface area contributed by atoms with Crippen LogP contribution in [0.4, 0.5) is 5.69 Å². The van der Waals surface area contributed by atoms with Gasteiger partial charge in [-0.05, 0) is 128 Å². The molecule has 3 fully saturated rings. The molecule has 3 saturated heterocycles. The van der Waals surface area contributed by atoms with Gasteiger partial charge < -0.3 is 69.5 Å². The second kappa shape index (κ2) is 22.4. The first-order valence-corrected chi connectivity index (χ1v) is 23.5. The molecule has 356 valence electrons. The van der Waals surface area contributed by atoms with Crippen molar-refractivity contribution in [3.05, 3.63) is 30.3 Å². The first-order chi connectivity index (χ1) is 28.8. The summed E-state index contributed by atoms with van der Waals surface area (Å²) in [5.74, 6) is -2.84. The van der Waals surface area contributed by atoms with Gasteiger partial charge in [-0.15, -0.1) is 0 Å². The zero-order chi connectivity index (χ0) is 46.5. The van der Waals surface area contributed by atoms with Crippen molar-refractivity contribution in [2.24, 2.45) is 17.8 Å². The first-order valence-electron chi connectivity index (χ1n) is 21.8. The van der Waals surface area contributed by atoms with Crippen molar-refractivity contribution in [1.29, 1.82) is 0 Å². The molecule has 0 aliphatic carbocycles. The predicted molar refractivity (Wildman–Crippen MR) is 248 cm³/mol. The number of hydrogen-bond donors (Lipinski definition) is 7. The number of anilines is 1. The van der Waals surface area contributed by atoms with Crippen molar-refractivity contribution in [2.75, 3.05) is 46.2 Å². The molecule has 1 aromatic carbocycles. The smallest absolute Gasteiger partial charge is 0.312 e. The zero-order valence-electron chi connectivity index (χ0n) is 38.6. The van der Waals surface area contributed by atoms with Gasteiger partial charge in [-0.25, -0.2) is 0 Å². The largest absolute Gasteiger partial charge is 0.448 e. The van der Waals surface area contributed by atoms with Gasteiger partial charge in [0.05, 0.1) is 41.5 Å². The Morgan fingerprint density at radius 2 is 1.63 bits per heavy atom. The third kappa shape index (κ3) is 13.2. The van der Waals surface area contributed by atoms with Gasteiger partial charge in [0.15, 0.2) is 21.8 Å². The number of ether oxygens (including phenoxy) is 6. The minimum atomic E-state index is -1.92. The highest BCUT2D eigenvalue weighted by Crippen LogP contribution is 2.40. The molecule has 0 aromatic heterocycles. The van der Waals surface area contributed by atoms with E-state index >= 15 is 0 Å². The number of benzene rings is 1. The van der Waals surface area contributed by atoms with Crippen molar-refractivity contribution >= 4 is 51.6 Å². The van der Waals surface area contributed by atoms with Gasteiger partial charge in [0, 0.05) is 56.9 Å². The van der Waals surface area contributed by atoms with E-state index in [0.717, 1.165) is 5.69 Å². The summed E-state index contributed by atoms with van der Waals surface area (Å²) in [4.78, 5) is 18.3. The summed E-state index contributed by atoms with van der Waals surface area (Å²) in [6.07, 6.45) is -7.89. The van der Waals surface area contributed by atoms with Crippen molar-refractivity contribution in [3.63, 3.8) is 0 Å². The minimum absolute atomic E-state index is 0.108. The highest BCUT2D eigenvalue weighted by Gasteiger charge is 2.52. The summed E-state index contributed by atoms with van der Waals surface area (Å²) in [5, 5.41) is 66.2. The molecule has 0 unspecified atom stereocenters. The first kappa shape index (κ1) is 53.2. The van der Waals surface area contributed by atoms with Crippen LogP contribution in [0.1, 0.15) is 81.6 Å². The predicted octanol–water partition coefficient (Wildman–Crippen LogP) is 3.24. The topological polar surface area (TPSA) is 204 Å². The Kier molecular flexibility index (Phi) is 19.2. The minimum Gasteiger partial charge on any atom is -0.448 e. The monoisotopic (exact) mass is 1010 g/mol. The molecule has 18 heteroatoms. The Morgan fingerprint density at radius 1 is 0.984 bits per heavy atom. The van der Waals surface area contributed by atoms with Crippen LogP contribution in [0.5, 0.6) is 0 Å². The second-order valence-corrected chi connectivity index (χ2v) is 20.4. The van der Waals surface area contributed by atoms with Crippen LogP contribution in [0.25, 0.3) is 0 Å². The van der Waals surface area contributed by atoms with Crippen LogP contribution in [-0.4, -0.2) is 176 Å². The van der Waals surface area contributed by atoms with E-state index in [1.165, 1.54) is 14.0 Å². The molecule has 0 spiro atoms. The summed E-state index contributed by atoms with van der Waals surface area (Å²) in [6.45, 7) is 16.8. The molecule has 0 radical (unpaired) electrons. The van der Waals surface area contributed by atoms with Crippen molar-refractivity contribution in [3.8, 4) is 0 Å². The molecule has 3 heterocycles. The lowest BCUT2D eigenvalue weighted by Crippen LogP contribution is -2.60. The Morgan fingerprint density at radius 3 is 2.24 bits per heavy atom. The maximum atomic E-state index is 14.3. The van der Waals surface area contributed by atoms with Crippen molar-refractivity contribution in [2.45, 2.75) is 170 Å². The van der Waals surface area contributed by atoms with E-state index in [0.29, 0.717) is 31.2 Å². The average molecular weight is 1010 g/mol. The summed E-state index contributed by atoms with van der Waals surface area (Å²) < 4.78 is 36.5. The van der Waals surface area contributed by atoms with Gasteiger partial charge in [-0.3, -0.25) is 9.69 Å². The number of alkyl halides is 1. The van der Waals surface area contributed by atoms with Crippen LogP contribution in [0.2, 0.25) is 0 Å². The number of methoxy groups -OCH3 is 1. The molecule has 4 rings (SSSR count). The van der Waals surface area contributed by atoms with Gasteiger partial charge in [-0.1, -0.05) is 32.0 Å². The van der Waals surface area contributed by atoms with E-state index in [-0.39, 0.29) is 30.9 Å². The number of thiocarbonyl (C=S) groups is 1. The lowest BCUT2D eigenvalue weighted by molar-refractivity contribution is -0.317. The number of carbonyl (C=O) groups excluding carboxylic acids is 1. The normalized spacial score (nSPS) is 43.3. The van der Waals surface area contributed by atoms with E-state index in [4.69, 9.17) is 40.6 Å². The second-order valence-electron chi connectivity index (χ2n) is 18.9. The number of nitrogens with zero attached hydrogens (tertiary/aromatic N) is 2. The number of halogens is 1. The summed E-state index contributed by atoms with van der Waals surface area (Å²) in [6, 6.07) is 8.56. The maximum absolute atomic E-state index is 14.3. The molecule has 0 bridgehead atoms. The highest BCUT2D eigenvalue weighted by atomic mass is 127. The van der Waals surface area contributed by atoms with Crippen LogP contribution in [0, 0.1) is 17.8 Å².